The van der Waals surface area contributed by atoms with Gasteiger partial charge in [0.25, 0.3) is 11.6 Å². The maximum Gasteiger partial charge on any atom is 0.360 e. The van der Waals surface area contributed by atoms with Gasteiger partial charge in [-0.25, -0.2) is 4.79 Å². The Hall–Kier alpha value is -2.41. The molecule has 0 N–H and O–H groups in total. The van der Waals surface area contributed by atoms with Gasteiger partial charge in [0.15, 0.2) is 0 Å². The first kappa shape index (κ1) is 17.9. The van der Waals surface area contributed by atoms with Crippen molar-refractivity contribution in [2.75, 3.05) is 19.8 Å². The third kappa shape index (κ3) is 3.73. The first-order valence-electron chi connectivity index (χ1n) is 7.84. The predicted molar refractivity (Wildman–Crippen MR) is 83.6 cm³/mol. The number of rotatable bonds is 7. The van der Waals surface area contributed by atoms with Gasteiger partial charge in [0.2, 0.25) is 0 Å². The average Bonchev–Trinajstić information content (AvgIpc) is 2.87. The number of hydrogen-bond acceptors (Lipinski definition) is 6. The van der Waals surface area contributed by atoms with Gasteiger partial charge in [0, 0.05) is 6.54 Å². The summed E-state index contributed by atoms with van der Waals surface area (Å²) in [6, 6.07) is 9.16. The van der Waals surface area contributed by atoms with Crippen molar-refractivity contribution in [3.8, 4) is 0 Å². The third-order valence-electron chi connectivity index (χ3n) is 3.64. The Morgan fingerprint density at radius 2 is 1.83 bits per heavy atom. The van der Waals surface area contributed by atoms with Crippen molar-refractivity contribution in [3.63, 3.8) is 0 Å². The number of ether oxygens (including phenoxy) is 3. The molecule has 0 bridgehead atoms. The van der Waals surface area contributed by atoms with Gasteiger partial charge in [-0.3, -0.25) is 14.5 Å². The Bertz CT molecular complexity index is 602. The van der Waals surface area contributed by atoms with E-state index < -0.39 is 24.1 Å². The molecule has 1 aromatic rings. The lowest BCUT2D eigenvalue weighted by Gasteiger charge is -2.33. The Balaban J connectivity index is 2.32. The molecule has 0 saturated carbocycles. The minimum absolute atomic E-state index is 0.111. The number of hydrogen-bond donors (Lipinski definition) is 0. The Labute approximate surface area is 140 Å². The zero-order valence-electron chi connectivity index (χ0n) is 13.8. The second-order valence-corrected chi connectivity index (χ2v) is 5.24. The molecule has 1 heterocycles. The fourth-order valence-electron chi connectivity index (χ4n) is 2.56. The molecule has 1 unspecified atom stereocenters. The molecule has 7 nitrogen and oxygen atoms in total. The van der Waals surface area contributed by atoms with E-state index in [4.69, 9.17) is 14.2 Å². The smallest absolute Gasteiger partial charge is 0.360 e. The predicted octanol–water partition coefficient (Wildman–Crippen LogP) is 1.26. The van der Waals surface area contributed by atoms with E-state index in [1.807, 2.05) is 30.3 Å². The van der Waals surface area contributed by atoms with E-state index in [-0.39, 0.29) is 32.3 Å². The van der Waals surface area contributed by atoms with Gasteiger partial charge in [-0.15, -0.1) is 0 Å². The van der Waals surface area contributed by atoms with Crippen molar-refractivity contribution < 1.29 is 28.6 Å². The minimum Gasteiger partial charge on any atom is -0.466 e. The lowest BCUT2D eigenvalue weighted by Crippen LogP contribution is -2.54. The lowest BCUT2D eigenvalue weighted by atomic mass is 10.1. The van der Waals surface area contributed by atoms with E-state index in [9.17, 15) is 14.4 Å². The topological polar surface area (TPSA) is 82.1 Å². The molecular formula is C17H21NO6. The van der Waals surface area contributed by atoms with E-state index >= 15 is 0 Å². The van der Waals surface area contributed by atoms with Gasteiger partial charge < -0.3 is 14.2 Å². The van der Waals surface area contributed by atoms with Crippen LogP contribution in [0.2, 0.25) is 0 Å². The van der Waals surface area contributed by atoms with Crippen molar-refractivity contribution in [3.05, 3.63) is 35.9 Å². The first-order valence-corrected chi connectivity index (χ1v) is 7.84. The molecule has 0 aromatic heterocycles. The van der Waals surface area contributed by atoms with E-state index in [0.717, 1.165) is 5.56 Å². The van der Waals surface area contributed by atoms with Crippen molar-refractivity contribution in [2.45, 2.75) is 32.5 Å². The van der Waals surface area contributed by atoms with Crippen molar-refractivity contribution in [1.29, 1.82) is 0 Å². The number of amides is 1. The molecule has 0 radical (unpaired) electrons. The standard InChI is InChI=1S/C17H21NO6/c1-3-22-15(20)10-17(16(21)23-4-2)18(14(19)12-24-17)11-13-8-6-5-7-9-13/h5-9H,3-4,10-12H2,1-2H3. The highest BCUT2D eigenvalue weighted by atomic mass is 16.6. The highest BCUT2D eigenvalue weighted by Gasteiger charge is 2.55. The minimum atomic E-state index is -1.78. The molecule has 1 aromatic carbocycles. The van der Waals surface area contributed by atoms with Crippen molar-refractivity contribution in [2.24, 2.45) is 0 Å². The van der Waals surface area contributed by atoms with Crippen LogP contribution in [0.5, 0.6) is 0 Å². The van der Waals surface area contributed by atoms with E-state index in [1.165, 1.54) is 4.90 Å². The molecule has 1 fully saturated rings. The molecule has 1 amide bonds. The summed E-state index contributed by atoms with van der Waals surface area (Å²) in [6.45, 7) is 3.44. The van der Waals surface area contributed by atoms with Crippen LogP contribution in [0, 0.1) is 0 Å². The van der Waals surface area contributed by atoms with Gasteiger partial charge in [-0.05, 0) is 19.4 Å². The highest BCUT2D eigenvalue weighted by molar-refractivity contribution is 5.93. The van der Waals surface area contributed by atoms with Gasteiger partial charge in [0.1, 0.15) is 13.0 Å². The average molecular weight is 335 g/mol. The summed E-state index contributed by atoms with van der Waals surface area (Å²) in [5.74, 6) is -1.77. The molecule has 1 aliphatic heterocycles. The zero-order chi connectivity index (χ0) is 17.6. The van der Waals surface area contributed by atoms with E-state index in [0.29, 0.717) is 0 Å². The summed E-state index contributed by atoms with van der Waals surface area (Å²) in [7, 11) is 0. The van der Waals surface area contributed by atoms with Crippen LogP contribution < -0.4 is 0 Å². The van der Waals surface area contributed by atoms with E-state index in [1.54, 1.807) is 13.8 Å². The summed E-state index contributed by atoms with van der Waals surface area (Å²) < 4.78 is 15.5. The van der Waals surface area contributed by atoms with Crippen LogP contribution in [0.1, 0.15) is 25.8 Å². The molecule has 7 heteroatoms. The fraction of sp³-hybridized carbons (Fsp3) is 0.471. The largest absolute Gasteiger partial charge is 0.466 e. The van der Waals surface area contributed by atoms with Crippen LogP contribution in [0.4, 0.5) is 0 Å². The molecule has 2 rings (SSSR count). The molecule has 1 atom stereocenters. The summed E-state index contributed by atoms with van der Waals surface area (Å²) in [5.41, 5.74) is -0.969. The Morgan fingerprint density at radius 1 is 1.17 bits per heavy atom. The van der Waals surface area contributed by atoms with Crippen molar-refractivity contribution in [1.82, 2.24) is 4.90 Å². The van der Waals surface area contributed by atoms with Gasteiger partial charge in [0.05, 0.1) is 13.2 Å². The first-order chi connectivity index (χ1) is 11.5. The van der Waals surface area contributed by atoms with Crippen molar-refractivity contribution >= 4 is 17.8 Å². The third-order valence-corrected chi connectivity index (χ3v) is 3.64. The van der Waals surface area contributed by atoms with Crippen LogP contribution in [-0.4, -0.2) is 48.3 Å². The molecule has 0 aliphatic carbocycles. The van der Waals surface area contributed by atoms with Crippen LogP contribution >= 0.6 is 0 Å². The number of esters is 2. The second-order valence-electron chi connectivity index (χ2n) is 5.24. The van der Waals surface area contributed by atoms with Gasteiger partial charge in [-0.2, -0.15) is 0 Å². The number of carbonyl (C=O) groups excluding carboxylic acids is 3. The quantitative estimate of drug-likeness (QED) is 0.698. The Morgan fingerprint density at radius 3 is 2.46 bits per heavy atom. The van der Waals surface area contributed by atoms with Crippen LogP contribution in [0.25, 0.3) is 0 Å². The zero-order valence-corrected chi connectivity index (χ0v) is 13.8. The maximum absolute atomic E-state index is 12.5. The summed E-state index contributed by atoms with van der Waals surface area (Å²) in [5, 5.41) is 0. The lowest BCUT2D eigenvalue weighted by molar-refractivity contribution is -0.191. The molecule has 1 saturated heterocycles. The monoisotopic (exact) mass is 335 g/mol. The van der Waals surface area contributed by atoms with Crippen LogP contribution in [0.15, 0.2) is 30.3 Å². The maximum atomic E-state index is 12.5. The molecular weight excluding hydrogens is 314 g/mol. The number of benzene rings is 1. The molecule has 130 valence electrons. The number of nitrogens with zero attached hydrogens (tertiary/aromatic N) is 1. The summed E-state index contributed by atoms with van der Waals surface area (Å²) in [4.78, 5) is 38.0. The second kappa shape index (κ2) is 7.92. The van der Waals surface area contributed by atoms with Gasteiger partial charge in [-0.1, -0.05) is 30.3 Å². The van der Waals surface area contributed by atoms with E-state index in [2.05, 4.69) is 0 Å². The summed E-state index contributed by atoms with van der Waals surface area (Å²) >= 11 is 0. The Kier molecular flexibility index (Phi) is 5.92. The van der Waals surface area contributed by atoms with Gasteiger partial charge >= 0.3 is 11.9 Å². The van der Waals surface area contributed by atoms with Crippen LogP contribution in [0.3, 0.4) is 0 Å². The number of carbonyl (C=O) groups is 3. The fourth-order valence-corrected chi connectivity index (χ4v) is 2.56. The normalized spacial score (nSPS) is 20.1. The molecule has 1 aliphatic rings. The SMILES string of the molecule is CCOC(=O)CC1(C(=O)OCC)OCC(=O)N1Cc1ccccc1. The molecule has 24 heavy (non-hydrogen) atoms. The molecule has 0 spiro atoms. The highest BCUT2D eigenvalue weighted by Crippen LogP contribution is 2.32. The summed E-state index contributed by atoms with van der Waals surface area (Å²) in [6.07, 6.45) is -0.405. The van der Waals surface area contributed by atoms with Crippen LogP contribution in [-0.2, 0) is 35.1 Å².